The number of carbonyl (C=O) groups excluding carboxylic acids is 1. The Kier molecular flexibility index (Phi) is 11.1. The average Bonchev–Trinajstić information content (AvgIpc) is 3.78. The summed E-state index contributed by atoms with van der Waals surface area (Å²) in [6, 6.07) is 13.2. The summed E-state index contributed by atoms with van der Waals surface area (Å²) in [4.78, 5) is 23.2. The fourth-order valence-electron chi connectivity index (χ4n) is 6.98. The first kappa shape index (κ1) is 33.4. The van der Waals surface area contributed by atoms with Crippen LogP contribution >= 0.6 is 0 Å². The molecular formula is C37H52N6O4. The Labute approximate surface area is 279 Å². The van der Waals surface area contributed by atoms with E-state index in [-0.39, 0.29) is 24.1 Å². The molecule has 47 heavy (non-hydrogen) atoms. The van der Waals surface area contributed by atoms with Gasteiger partial charge < -0.3 is 29.3 Å². The number of benzene rings is 1. The number of nitrogens with one attached hydrogen (secondary N) is 2. The van der Waals surface area contributed by atoms with Crippen molar-refractivity contribution in [2.24, 2.45) is 5.92 Å². The number of likely N-dealkylation sites (tertiary alicyclic amines) is 1. The lowest BCUT2D eigenvalue weighted by Crippen LogP contribution is -2.36. The van der Waals surface area contributed by atoms with Crippen molar-refractivity contribution in [3.8, 4) is 11.3 Å². The Bertz CT molecular complexity index is 1450. The first-order valence-corrected chi connectivity index (χ1v) is 17.5. The lowest BCUT2D eigenvalue weighted by molar-refractivity contribution is -0.147. The first-order valence-electron chi connectivity index (χ1n) is 17.5. The summed E-state index contributed by atoms with van der Waals surface area (Å²) in [5.41, 5.74) is 6.59. The monoisotopic (exact) mass is 644 g/mol. The third kappa shape index (κ3) is 9.55. The van der Waals surface area contributed by atoms with Crippen molar-refractivity contribution in [1.29, 1.82) is 0 Å². The molecule has 0 saturated carbocycles. The van der Waals surface area contributed by atoms with E-state index >= 15 is 0 Å². The Morgan fingerprint density at radius 3 is 2.79 bits per heavy atom. The van der Waals surface area contributed by atoms with E-state index in [1.807, 2.05) is 26.8 Å². The summed E-state index contributed by atoms with van der Waals surface area (Å²) in [6.07, 6.45) is 7.68. The van der Waals surface area contributed by atoms with Crippen LogP contribution < -0.4 is 10.2 Å². The molecule has 0 amide bonds. The molecule has 10 heteroatoms. The zero-order valence-corrected chi connectivity index (χ0v) is 28.4. The molecule has 2 saturated heterocycles. The molecule has 1 aromatic carbocycles. The van der Waals surface area contributed by atoms with Gasteiger partial charge in [0.25, 0.3) is 0 Å². The van der Waals surface area contributed by atoms with Crippen molar-refractivity contribution < 1.29 is 19.0 Å². The Balaban J connectivity index is 1.15. The van der Waals surface area contributed by atoms with Gasteiger partial charge in [-0.1, -0.05) is 6.07 Å². The molecule has 0 radical (unpaired) electrons. The van der Waals surface area contributed by atoms with Crippen molar-refractivity contribution >= 4 is 17.5 Å². The maximum Gasteiger partial charge on any atom is 0.306 e. The largest absolute Gasteiger partial charge is 0.463 e. The number of esters is 1. The van der Waals surface area contributed by atoms with Gasteiger partial charge in [-0.25, -0.2) is 4.98 Å². The number of fused-ring (bicyclic) bond motifs is 1. The lowest BCUT2D eigenvalue weighted by atomic mass is 9.92. The van der Waals surface area contributed by atoms with Gasteiger partial charge in [-0.3, -0.25) is 9.89 Å². The predicted molar refractivity (Wildman–Crippen MR) is 185 cm³/mol. The molecule has 2 atom stereocenters. The summed E-state index contributed by atoms with van der Waals surface area (Å²) in [5.74, 6) is 1.49. The molecule has 5 heterocycles. The van der Waals surface area contributed by atoms with Gasteiger partial charge in [-0.15, -0.1) is 0 Å². The SMILES string of the molecule is CC(C)(C)OCCOC(=O)C[C@H](CN1CC[C@@H](CCc2ccc3c(n2)NCCC3)C1)c1cc(-c2ccn[nH]2)cc(N2CCOCC2)c1. The van der Waals surface area contributed by atoms with Crippen LogP contribution in [0.25, 0.3) is 11.3 Å². The second kappa shape index (κ2) is 15.6. The van der Waals surface area contributed by atoms with Crippen LogP contribution in [0.3, 0.4) is 0 Å². The van der Waals surface area contributed by atoms with Crippen LogP contribution in [0.5, 0.6) is 0 Å². The predicted octanol–water partition coefficient (Wildman–Crippen LogP) is 5.45. The maximum absolute atomic E-state index is 13.3. The Morgan fingerprint density at radius 1 is 1.11 bits per heavy atom. The van der Waals surface area contributed by atoms with Gasteiger partial charge in [0.1, 0.15) is 12.4 Å². The van der Waals surface area contributed by atoms with Crippen molar-refractivity contribution in [3.05, 3.63) is 59.4 Å². The Hall–Kier alpha value is -3.47. The number of ether oxygens (including phenoxy) is 3. The number of aromatic nitrogens is 3. The number of anilines is 2. The lowest BCUT2D eigenvalue weighted by Gasteiger charge is -2.31. The third-order valence-corrected chi connectivity index (χ3v) is 9.50. The minimum atomic E-state index is -0.267. The standard InChI is InChI=1S/C37H52N6O4/c1-37(2,3)47-20-19-46-35(44)24-31(29-21-30(34-10-13-39-41-34)23-33(22-29)43-15-17-45-18-16-43)26-42-14-11-27(25-42)6-8-32-9-7-28-5-4-12-38-36(28)40-32/h7,9-10,13,21-23,27,31H,4-6,8,11-12,14-20,24-26H2,1-3H3,(H,38,40)(H,39,41)/t27-,31-/m1/s1. The molecule has 0 aliphatic carbocycles. The van der Waals surface area contributed by atoms with Gasteiger partial charge in [-0.05, 0) is 107 Å². The van der Waals surface area contributed by atoms with E-state index in [0.717, 1.165) is 93.3 Å². The molecule has 0 spiro atoms. The van der Waals surface area contributed by atoms with E-state index in [9.17, 15) is 4.79 Å². The van der Waals surface area contributed by atoms with E-state index in [2.05, 4.69) is 55.6 Å². The summed E-state index contributed by atoms with van der Waals surface area (Å²) in [7, 11) is 0. The van der Waals surface area contributed by atoms with E-state index in [1.54, 1.807) is 6.20 Å². The molecular weight excluding hydrogens is 592 g/mol. The molecule has 0 bridgehead atoms. The molecule has 3 aliphatic rings. The van der Waals surface area contributed by atoms with Crippen molar-refractivity contribution in [2.45, 2.75) is 70.8 Å². The minimum Gasteiger partial charge on any atom is -0.463 e. The van der Waals surface area contributed by atoms with Crippen LogP contribution in [-0.4, -0.2) is 97.3 Å². The minimum absolute atomic E-state index is 0.0131. The topological polar surface area (TPSA) is 105 Å². The highest BCUT2D eigenvalue weighted by molar-refractivity contribution is 5.72. The highest BCUT2D eigenvalue weighted by atomic mass is 16.6. The summed E-state index contributed by atoms with van der Waals surface area (Å²) >= 11 is 0. The molecule has 254 valence electrons. The van der Waals surface area contributed by atoms with Gasteiger partial charge in [0.2, 0.25) is 0 Å². The van der Waals surface area contributed by atoms with E-state index in [0.29, 0.717) is 32.2 Å². The number of hydrogen-bond donors (Lipinski definition) is 2. The number of carbonyl (C=O) groups is 1. The number of aryl methyl sites for hydroxylation is 2. The van der Waals surface area contributed by atoms with Gasteiger partial charge in [-0.2, -0.15) is 5.10 Å². The molecule has 2 N–H and O–H groups in total. The third-order valence-electron chi connectivity index (χ3n) is 9.50. The number of morpholine rings is 1. The normalized spacial score (nSPS) is 19.3. The highest BCUT2D eigenvalue weighted by Gasteiger charge is 2.28. The molecule has 3 aromatic rings. The first-order chi connectivity index (χ1) is 22.8. The fourth-order valence-corrected chi connectivity index (χ4v) is 6.98. The van der Waals surface area contributed by atoms with Crippen LogP contribution in [-0.2, 0) is 31.8 Å². The number of hydrogen-bond acceptors (Lipinski definition) is 9. The van der Waals surface area contributed by atoms with Crippen molar-refractivity contribution in [3.63, 3.8) is 0 Å². The molecule has 2 fully saturated rings. The van der Waals surface area contributed by atoms with Gasteiger partial charge in [0, 0.05) is 61.8 Å². The molecule has 3 aliphatic heterocycles. The quantitative estimate of drug-likeness (QED) is 0.186. The zero-order chi connectivity index (χ0) is 32.6. The second-order valence-corrected chi connectivity index (χ2v) is 14.3. The van der Waals surface area contributed by atoms with Crippen LogP contribution in [0.2, 0.25) is 0 Å². The number of rotatable bonds is 13. The maximum atomic E-state index is 13.3. The molecule has 6 rings (SSSR count). The smallest absolute Gasteiger partial charge is 0.306 e. The number of aromatic amines is 1. The van der Waals surface area contributed by atoms with E-state index in [4.69, 9.17) is 19.2 Å². The van der Waals surface area contributed by atoms with Crippen LogP contribution in [0, 0.1) is 5.92 Å². The zero-order valence-electron chi connectivity index (χ0n) is 28.4. The average molecular weight is 645 g/mol. The summed E-state index contributed by atoms with van der Waals surface area (Å²) in [6.45, 7) is 13.7. The molecule has 0 unspecified atom stereocenters. The highest BCUT2D eigenvalue weighted by Crippen LogP contribution is 2.34. The number of H-pyrrole nitrogens is 1. The van der Waals surface area contributed by atoms with Gasteiger partial charge in [0.15, 0.2) is 0 Å². The van der Waals surface area contributed by atoms with E-state index < -0.39 is 0 Å². The number of pyridine rings is 1. The van der Waals surface area contributed by atoms with Crippen LogP contribution in [0.15, 0.2) is 42.6 Å². The van der Waals surface area contributed by atoms with Crippen molar-refractivity contribution in [1.82, 2.24) is 20.1 Å². The molecule has 10 nitrogen and oxygen atoms in total. The van der Waals surface area contributed by atoms with Crippen LogP contribution in [0.1, 0.15) is 69.2 Å². The van der Waals surface area contributed by atoms with Gasteiger partial charge >= 0.3 is 5.97 Å². The van der Waals surface area contributed by atoms with Crippen LogP contribution in [0.4, 0.5) is 11.5 Å². The van der Waals surface area contributed by atoms with Crippen molar-refractivity contribution in [2.75, 3.05) is 75.9 Å². The summed E-state index contributed by atoms with van der Waals surface area (Å²) < 4.78 is 17.2. The number of nitrogens with zero attached hydrogens (tertiary/aromatic N) is 4. The summed E-state index contributed by atoms with van der Waals surface area (Å²) in [5, 5.41) is 10.8. The fraction of sp³-hybridized carbons (Fsp3) is 0.595. The second-order valence-electron chi connectivity index (χ2n) is 14.3. The van der Waals surface area contributed by atoms with Gasteiger partial charge in [0.05, 0.1) is 37.5 Å². The molecule has 2 aromatic heterocycles. The Morgan fingerprint density at radius 2 is 1.98 bits per heavy atom. The van der Waals surface area contributed by atoms with E-state index in [1.165, 1.54) is 17.7 Å².